The summed E-state index contributed by atoms with van der Waals surface area (Å²) < 4.78 is 7.10. The number of fused-ring (bicyclic) bond motifs is 1. The molecule has 0 saturated carbocycles. The molecule has 3 N–H and O–H groups in total. The number of carbonyl (C=O) groups excluding carboxylic acids is 1. The third-order valence-electron chi connectivity index (χ3n) is 2.89. The average molecular weight is 282 g/mol. The summed E-state index contributed by atoms with van der Waals surface area (Å²) in [5.74, 6) is 0.109. The second-order valence-electron chi connectivity index (χ2n) is 4.31. The number of nitrogens with zero attached hydrogens (tertiary/aromatic N) is 4. The SMILES string of the molecule is [B]C(=O)NCCn1cnc2c(-c3ccco3)nc(N)nc21. The highest BCUT2D eigenvalue weighted by molar-refractivity contribution is 6.57. The van der Waals surface area contributed by atoms with Gasteiger partial charge in [-0.2, -0.15) is 4.98 Å². The summed E-state index contributed by atoms with van der Waals surface area (Å²) >= 11 is 0. The molecule has 0 saturated heterocycles. The number of hydrogen-bond acceptors (Lipinski definition) is 6. The molecule has 21 heavy (non-hydrogen) atoms. The largest absolute Gasteiger partial charge is 0.463 e. The van der Waals surface area contributed by atoms with Crippen LogP contribution in [0.1, 0.15) is 0 Å². The zero-order chi connectivity index (χ0) is 14.8. The third kappa shape index (κ3) is 2.57. The molecule has 0 bridgehead atoms. The van der Waals surface area contributed by atoms with E-state index < -0.39 is 5.81 Å². The second-order valence-corrected chi connectivity index (χ2v) is 4.31. The maximum Gasteiger partial charge on any atom is 0.222 e. The molecule has 0 unspecified atom stereocenters. The van der Waals surface area contributed by atoms with Gasteiger partial charge in [-0.1, -0.05) is 0 Å². The summed E-state index contributed by atoms with van der Waals surface area (Å²) in [6, 6.07) is 3.53. The standard InChI is InChI=1S/C12H11BN6O2/c13-11(20)15-3-4-19-6-16-9-8(7-2-1-5-21-7)17-12(14)18-10(9)19/h1-2,5-6H,3-4H2,(H,15,20)(H2,14,17,18). The van der Waals surface area contributed by atoms with E-state index in [1.165, 1.54) is 0 Å². The van der Waals surface area contributed by atoms with Gasteiger partial charge < -0.3 is 20.0 Å². The lowest BCUT2D eigenvalue weighted by atomic mass is 10.1. The molecular weight excluding hydrogens is 271 g/mol. The first kappa shape index (κ1) is 13.2. The molecule has 9 heteroatoms. The number of imidazole rings is 1. The molecule has 0 atom stereocenters. The molecule has 8 nitrogen and oxygen atoms in total. The fourth-order valence-electron chi connectivity index (χ4n) is 2.01. The summed E-state index contributed by atoms with van der Waals surface area (Å²) in [5, 5.41) is 2.50. The van der Waals surface area contributed by atoms with E-state index in [1.807, 2.05) is 0 Å². The molecule has 1 amide bonds. The zero-order valence-corrected chi connectivity index (χ0v) is 11.0. The summed E-state index contributed by atoms with van der Waals surface area (Å²) in [6.07, 6.45) is 3.15. The summed E-state index contributed by atoms with van der Waals surface area (Å²) in [5.41, 5.74) is 7.42. The predicted octanol–water partition coefficient (Wildman–Crippen LogP) is 0.547. The van der Waals surface area contributed by atoms with E-state index in [9.17, 15) is 4.79 Å². The fourth-order valence-corrected chi connectivity index (χ4v) is 2.01. The predicted molar refractivity (Wildman–Crippen MR) is 76.6 cm³/mol. The van der Waals surface area contributed by atoms with Crippen molar-refractivity contribution in [3.8, 4) is 11.5 Å². The minimum Gasteiger partial charge on any atom is -0.463 e. The molecule has 0 aliphatic carbocycles. The highest BCUT2D eigenvalue weighted by atomic mass is 16.3. The molecule has 104 valence electrons. The molecule has 0 spiro atoms. The Morgan fingerprint density at radius 2 is 2.33 bits per heavy atom. The van der Waals surface area contributed by atoms with Gasteiger partial charge in [0.05, 0.1) is 12.6 Å². The average Bonchev–Trinajstić information content (AvgIpc) is 3.07. The number of nitrogens with two attached hydrogens (primary N) is 1. The summed E-state index contributed by atoms with van der Waals surface area (Å²) in [4.78, 5) is 23.3. The van der Waals surface area contributed by atoms with Gasteiger partial charge in [-0.05, 0) is 12.1 Å². The van der Waals surface area contributed by atoms with Gasteiger partial charge in [0.25, 0.3) is 0 Å². The molecular formula is C12H11BN6O2. The Morgan fingerprint density at radius 1 is 1.48 bits per heavy atom. The number of rotatable bonds is 4. The van der Waals surface area contributed by atoms with Crippen LogP contribution in [0.3, 0.4) is 0 Å². The fraction of sp³-hybridized carbons (Fsp3) is 0.167. The maximum atomic E-state index is 10.7. The van der Waals surface area contributed by atoms with E-state index in [-0.39, 0.29) is 5.95 Å². The molecule has 2 radical (unpaired) electrons. The van der Waals surface area contributed by atoms with Gasteiger partial charge in [0.1, 0.15) is 11.2 Å². The molecule has 3 aromatic rings. The van der Waals surface area contributed by atoms with Gasteiger partial charge in [0.15, 0.2) is 25.1 Å². The quantitative estimate of drug-likeness (QED) is 0.676. The van der Waals surface area contributed by atoms with Gasteiger partial charge in [-0.15, -0.1) is 0 Å². The van der Waals surface area contributed by atoms with Crippen molar-refractivity contribution >= 4 is 30.8 Å². The normalized spacial score (nSPS) is 10.9. The minimum absolute atomic E-state index is 0.124. The van der Waals surface area contributed by atoms with Crippen molar-refractivity contribution in [2.75, 3.05) is 12.3 Å². The van der Waals surface area contributed by atoms with Crippen molar-refractivity contribution in [2.24, 2.45) is 0 Å². The first-order valence-corrected chi connectivity index (χ1v) is 6.20. The lowest BCUT2D eigenvalue weighted by Crippen LogP contribution is -2.25. The van der Waals surface area contributed by atoms with Gasteiger partial charge in [-0.3, -0.25) is 4.79 Å². The number of hydrogen-bond donors (Lipinski definition) is 2. The highest BCUT2D eigenvalue weighted by Gasteiger charge is 2.15. The van der Waals surface area contributed by atoms with Crippen molar-refractivity contribution in [2.45, 2.75) is 6.54 Å². The highest BCUT2D eigenvalue weighted by Crippen LogP contribution is 2.25. The Balaban J connectivity index is 2.00. The maximum absolute atomic E-state index is 10.7. The number of amides is 1. The molecule has 0 aliphatic heterocycles. The Morgan fingerprint density at radius 3 is 3.05 bits per heavy atom. The van der Waals surface area contributed by atoms with Gasteiger partial charge in [0, 0.05) is 13.1 Å². The molecule has 3 rings (SSSR count). The van der Waals surface area contributed by atoms with Crippen LogP contribution >= 0.6 is 0 Å². The molecule has 0 fully saturated rings. The molecule has 0 aliphatic rings. The third-order valence-corrected chi connectivity index (χ3v) is 2.89. The van der Waals surface area contributed by atoms with Crippen molar-refractivity contribution in [3.63, 3.8) is 0 Å². The van der Waals surface area contributed by atoms with E-state index in [4.69, 9.17) is 18.0 Å². The van der Waals surface area contributed by atoms with Crippen LogP contribution in [0.4, 0.5) is 10.7 Å². The summed E-state index contributed by atoms with van der Waals surface area (Å²) in [7, 11) is 5.02. The van der Waals surface area contributed by atoms with Gasteiger partial charge in [-0.25, -0.2) is 9.97 Å². The number of aromatic nitrogens is 4. The van der Waals surface area contributed by atoms with Crippen LogP contribution in [-0.4, -0.2) is 39.7 Å². The lowest BCUT2D eigenvalue weighted by molar-refractivity contribution is 0.259. The van der Waals surface area contributed by atoms with Gasteiger partial charge in [0.2, 0.25) is 5.95 Å². The van der Waals surface area contributed by atoms with Crippen molar-refractivity contribution in [1.82, 2.24) is 24.8 Å². The number of nitrogen functional groups attached to an aromatic ring is 1. The Bertz CT molecular complexity index is 783. The second kappa shape index (κ2) is 5.27. The van der Waals surface area contributed by atoms with Crippen LogP contribution in [0, 0.1) is 0 Å². The van der Waals surface area contributed by atoms with Gasteiger partial charge >= 0.3 is 0 Å². The van der Waals surface area contributed by atoms with Crippen LogP contribution in [0.2, 0.25) is 0 Å². The molecule has 3 aromatic heterocycles. The summed E-state index contributed by atoms with van der Waals surface area (Å²) in [6.45, 7) is 0.828. The topological polar surface area (TPSA) is 112 Å². The van der Waals surface area contributed by atoms with Crippen molar-refractivity contribution in [1.29, 1.82) is 0 Å². The van der Waals surface area contributed by atoms with Crippen molar-refractivity contribution < 1.29 is 9.21 Å². The first-order valence-electron chi connectivity index (χ1n) is 6.20. The van der Waals surface area contributed by atoms with Crippen LogP contribution in [-0.2, 0) is 6.54 Å². The zero-order valence-electron chi connectivity index (χ0n) is 11.0. The van der Waals surface area contributed by atoms with E-state index in [1.54, 1.807) is 29.3 Å². The smallest absolute Gasteiger partial charge is 0.222 e. The monoisotopic (exact) mass is 282 g/mol. The Kier molecular flexibility index (Phi) is 3.31. The Labute approximate surface area is 120 Å². The number of anilines is 1. The van der Waals surface area contributed by atoms with E-state index in [0.29, 0.717) is 35.7 Å². The van der Waals surface area contributed by atoms with E-state index in [2.05, 4.69) is 20.3 Å². The lowest BCUT2D eigenvalue weighted by Gasteiger charge is -2.05. The first-order chi connectivity index (χ1) is 10.1. The van der Waals surface area contributed by atoms with Crippen LogP contribution < -0.4 is 11.1 Å². The number of carbonyl (C=O) groups is 1. The van der Waals surface area contributed by atoms with E-state index in [0.717, 1.165) is 0 Å². The van der Waals surface area contributed by atoms with Crippen molar-refractivity contribution in [3.05, 3.63) is 24.7 Å². The van der Waals surface area contributed by atoms with E-state index >= 15 is 0 Å². The minimum atomic E-state index is -0.579. The number of furan rings is 1. The van der Waals surface area contributed by atoms with Crippen LogP contribution in [0.25, 0.3) is 22.6 Å². The molecule has 0 aromatic carbocycles. The van der Waals surface area contributed by atoms with Crippen LogP contribution in [0.15, 0.2) is 29.1 Å². The van der Waals surface area contributed by atoms with Crippen LogP contribution in [0.5, 0.6) is 0 Å². The number of nitrogens with one attached hydrogen (secondary N) is 1. The Hall–Kier alpha value is -2.84. The molecule has 3 heterocycles.